The zero-order valence-electron chi connectivity index (χ0n) is 17.8. The van der Waals surface area contributed by atoms with Crippen LogP contribution < -0.4 is 16.1 Å². The lowest BCUT2D eigenvalue weighted by Crippen LogP contribution is -2.49. The van der Waals surface area contributed by atoms with Crippen molar-refractivity contribution < 1.29 is 18.0 Å². The van der Waals surface area contributed by atoms with Crippen molar-refractivity contribution in [1.29, 1.82) is 0 Å². The second-order valence-corrected chi connectivity index (χ2v) is 8.61. The molecule has 1 aromatic carbocycles. The highest BCUT2D eigenvalue weighted by Gasteiger charge is 2.31. The van der Waals surface area contributed by atoms with Crippen LogP contribution in [-0.2, 0) is 25.1 Å². The molecule has 1 saturated heterocycles. The fourth-order valence-corrected chi connectivity index (χ4v) is 4.46. The van der Waals surface area contributed by atoms with Crippen LogP contribution in [0.15, 0.2) is 39.0 Å². The topological polar surface area (TPSA) is 96.2 Å². The van der Waals surface area contributed by atoms with Gasteiger partial charge in [-0.3, -0.25) is 18.7 Å². The molecule has 0 atom stereocenters. The number of aryl methyl sites for hydroxylation is 1. The first-order valence-electron chi connectivity index (χ1n) is 10.0. The number of amides is 1. The largest absolute Gasteiger partial charge is 0.416 e. The summed E-state index contributed by atoms with van der Waals surface area (Å²) in [7, 11) is 2.88. The van der Waals surface area contributed by atoms with Gasteiger partial charge in [0.25, 0.3) is 5.56 Å². The number of H-pyrrole nitrogens is 1. The highest BCUT2D eigenvalue weighted by molar-refractivity contribution is 7.99. The van der Waals surface area contributed by atoms with Gasteiger partial charge in [0.1, 0.15) is 0 Å². The molecule has 1 aliphatic rings. The van der Waals surface area contributed by atoms with Crippen LogP contribution in [0.4, 0.5) is 18.9 Å². The van der Waals surface area contributed by atoms with Crippen molar-refractivity contribution in [2.45, 2.75) is 11.3 Å². The molecule has 33 heavy (non-hydrogen) atoms. The van der Waals surface area contributed by atoms with Crippen LogP contribution in [0.2, 0.25) is 0 Å². The fraction of sp³-hybridized carbons (Fsp3) is 0.400. The molecule has 0 saturated carbocycles. The molecule has 1 fully saturated rings. The van der Waals surface area contributed by atoms with Crippen molar-refractivity contribution in [2.24, 2.45) is 14.1 Å². The lowest BCUT2D eigenvalue weighted by atomic mass is 10.1. The number of aromatic amines is 1. The number of thioether (sulfide) groups is 1. The first-order chi connectivity index (χ1) is 15.6. The summed E-state index contributed by atoms with van der Waals surface area (Å²) in [6.07, 6.45) is -4.40. The molecule has 2 aromatic heterocycles. The van der Waals surface area contributed by atoms with E-state index < -0.39 is 23.0 Å². The number of hydrogen-bond acceptors (Lipinski definition) is 6. The fourth-order valence-electron chi connectivity index (χ4n) is 3.69. The number of piperazine rings is 1. The Morgan fingerprint density at radius 1 is 1.12 bits per heavy atom. The number of rotatable bonds is 4. The number of nitrogens with zero attached hydrogens (tertiary/aromatic N) is 5. The van der Waals surface area contributed by atoms with Crippen LogP contribution in [0.3, 0.4) is 0 Å². The average Bonchev–Trinajstić information content (AvgIpc) is 3.24. The number of imidazole rings is 1. The van der Waals surface area contributed by atoms with Gasteiger partial charge in [-0.25, -0.2) is 9.78 Å². The summed E-state index contributed by atoms with van der Waals surface area (Å²) in [5, 5.41) is 0.347. The smallest absolute Gasteiger partial charge is 0.368 e. The van der Waals surface area contributed by atoms with Gasteiger partial charge in [0, 0.05) is 46.0 Å². The van der Waals surface area contributed by atoms with Gasteiger partial charge < -0.3 is 14.8 Å². The summed E-state index contributed by atoms with van der Waals surface area (Å²) < 4.78 is 41.1. The third kappa shape index (κ3) is 4.49. The van der Waals surface area contributed by atoms with Crippen molar-refractivity contribution in [3.8, 4) is 0 Å². The molecule has 1 amide bonds. The molecule has 0 radical (unpaired) electrons. The van der Waals surface area contributed by atoms with Crippen molar-refractivity contribution in [3.63, 3.8) is 0 Å². The lowest BCUT2D eigenvalue weighted by molar-refractivity contribution is -0.137. The number of alkyl halides is 3. The molecule has 9 nitrogen and oxygen atoms in total. The molecule has 3 heterocycles. The predicted octanol–water partition coefficient (Wildman–Crippen LogP) is 1.42. The molecule has 0 aliphatic carbocycles. The molecule has 1 aliphatic heterocycles. The van der Waals surface area contributed by atoms with Gasteiger partial charge in [-0.05, 0) is 18.2 Å². The van der Waals surface area contributed by atoms with Gasteiger partial charge in [0.2, 0.25) is 5.91 Å². The van der Waals surface area contributed by atoms with E-state index in [-0.39, 0.29) is 22.8 Å². The van der Waals surface area contributed by atoms with Crippen LogP contribution in [0.25, 0.3) is 11.2 Å². The highest BCUT2D eigenvalue weighted by Crippen LogP contribution is 2.32. The number of nitrogens with one attached hydrogen (secondary N) is 1. The molecule has 0 spiro atoms. The lowest BCUT2D eigenvalue weighted by Gasteiger charge is -2.36. The zero-order chi connectivity index (χ0) is 23.9. The maximum absolute atomic E-state index is 13.0. The molecule has 176 valence electrons. The molecule has 1 N–H and O–H groups in total. The number of fused-ring (bicyclic) bond motifs is 1. The van der Waals surface area contributed by atoms with E-state index in [9.17, 15) is 27.6 Å². The van der Waals surface area contributed by atoms with Gasteiger partial charge >= 0.3 is 11.9 Å². The second kappa shape index (κ2) is 8.61. The summed E-state index contributed by atoms with van der Waals surface area (Å²) in [4.78, 5) is 47.5. The van der Waals surface area contributed by atoms with E-state index in [4.69, 9.17) is 0 Å². The van der Waals surface area contributed by atoms with Crippen molar-refractivity contribution in [2.75, 3.05) is 36.8 Å². The van der Waals surface area contributed by atoms with E-state index in [1.54, 1.807) is 11.0 Å². The Hall–Kier alpha value is -3.22. The summed E-state index contributed by atoms with van der Waals surface area (Å²) in [6.45, 7) is 1.59. The minimum Gasteiger partial charge on any atom is -0.368 e. The normalized spacial score (nSPS) is 14.8. The van der Waals surface area contributed by atoms with Crippen molar-refractivity contribution >= 4 is 34.5 Å². The molecular formula is C20H21F3N6O3S. The minimum atomic E-state index is -4.40. The van der Waals surface area contributed by atoms with Crippen LogP contribution in [0.1, 0.15) is 5.56 Å². The van der Waals surface area contributed by atoms with Gasteiger partial charge in [0.05, 0.1) is 11.3 Å². The number of carbonyl (C=O) groups is 1. The summed E-state index contributed by atoms with van der Waals surface area (Å²) in [6, 6.07) is 5.16. The number of hydrogen-bond donors (Lipinski definition) is 1. The number of benzene rings is 1. The Balaban J connectivity index is 1.37. The third-order valence-corrected chi connectivity index (χ3v) is 6.43. The Bertz CT molecular complexity index is 1320. The van der Waals surface area contributed by atoms with E-state index in [1.165, 1.54) is 24.7 Å². The van der Waals surface area contributed by atoms with E-state index in [0.717, 1.165) is 28.5 Å². The van der Waals surface area contributed by atoms with Gasteiger partial charge in [-0.1, -0.05) is 17.8 Å². The van der Waals surface area contributed by atoms with Crippen molar-refractivity contribution in [1.82, 2.24) is 24.0 Å². The summed E-state index contributed by atoms with van der Waals surface area (Å²) in [5.41, 5.74) is -0.819. The summed E-state index contributed by atoms with van der Waals surface area (Å²) in [5.74, 6) is -0.0802. The van der Waals surface area contributed by atoms with Crippen molar-refractivity contribution in [3.05, 3.63) is 50.7 Å². The molecule has 3 aromatic rings. The number of carbonyl (C=O) groups excluding carboxylic acids is 1. The van der Waals surface area contributed by atoms with E-state index in [1.807, 2.05) is 4.90 Å². The maximum Gasteiger partial charge on any atom is 0.416 e. The SMILES string of the molecule is Cn1c(=O)c2[nH]c(SCC(=O)N3CCN(c4cccc(C(F)(F)F)c4)CC3)nc2n(C)c1=O. The Kier molecular flexibility index (Phi) is 5.99. The molecule has 4 rings (SSSR count). The molecule has 0 unspecified atom stereocenters. The minimum absolute atomic E-state index is 0.0671. The second-order valence-electron chi connectivity index (χ2n) is 7.65. The van der Waals surface area contributed by atoms with Crippen LogP contribution in [0, 0.1) is 0 Å². The number of aromatic nitrogens is 4. The summed E-state index contributed by atoms with van der Waals surface area (Å²) >= 11 is 1.12. The van der Waals surface area contributed by atoms with Crippen LogP contribution >= 0.6 is 11.8 Å². The van der Waals surface area contributed by atoms with Gasteiger partial charge in [0.15, 0.2) is 16.3 Å². The molecule has 13 heteroatoms. The predicted molar refractivity (Wildman–Crippen MR) is 118 cm³/mol. The maximum atomic E-state index is 13.0. The first kappa shape index (κ1) is 23.0. The number of halogens is 3. The van der Waals surface area contributed by atoms with E-state index in [2.05, 4.69) is 9.97 Å². The van der Waals surface area contributed by atoms with E-state index in [0.29, 0.717) is 37.0 Å². The molecular weight excluding hydrogens is 461 g/mol. The standard InChI is InChI=1S/C20H21F3N6O3S/c1-26-16-15(17(31)27(2)19(26)32)24-18(25-16)33-11-14(30)29-8-6-28(7-9-29)13-5-3-4-12(10-13)20(21,22)23/h3-5,10H,6-9,11H2,1-2H3,(H,24,25). The monoisotopic (exact) mass is 482 g/mol. The molecule has 0 bridgehead atoms. The number of anilines is 1. The Morgan fingerprint density at radius 2 is 1.82 bits per heavy atom. The highest BCUT2D eigenvalue weighted by atomic mass is 32.2. The van der Waals surface area contributed by atoms with Crippen LogP contribution in [0.5, 0.6) is 0 Å². The average molecular weight is 482 g/mol. The van der Waals surface area contributed by atoms with Gasteiger partial charge in [-0.2, -0.15) is 13.2 Å². The van der Waals surface area contributed by atoms with Gasteiger partial charge in [-0.15, -0.1) is 0 Å². The zero-order valence-corrected chi connectivity index (χ0v) is 18.7. The van der Waals surface area contributed by atoms with Crippen LogP contribution in [-0.4, -0.2) is 61.8 Å². The Morgan fingerprint density at radius 3 is 2.48 bits per heavy atom. The van der Waals surface area contributed by atoms with E-state index >= 15 is 0 Å². The Labute approximate surface area is 189 Å². The third-order valence-electron chi connectivity index (χ3n) is 5.58. The first-order valence-corrected chi connectivity index (χ1v) is 11.0. The quantitative estimate of drug-likeness (QED) is 0.565.